The van der Waals surface area contributed by atoms with Gasteiger partial charge in [-0.15, -0.1) is 0 Å². The van der Waals surface area contributed by atoms with Crippen LogP contribution in [0.2, 0.25) is 0 Å². The lowest BCUT2D eigenvalue weighted by atomic mass is 10.2. The van der Waals surface area contributed by atoms with E-state index in [0.717, 1.165) is 16.5 Å². The zero-order chi connectivity index (χ0) is 15.2. The Balaban J connectivity index is 2.21. The SMILES string of the molecule is CCN=C1S/C(=C/c2ccc(OCC)cc2)C(=O)N1CC. The van der Waals surface area contributed by atoms with Crippen LogP contribution in [0, 0.1) is 0 Å². The van der Waals surface area contributed by atoms with Gasteiger partial charge in [0.25, 0.3) is 5.91 Å². The van der Waals surface area contributed by atoms with E-state index in [2.05, 4.69) is 4.99 Å². The average molecular weight is 304 g/mol. The first kappa shape index (κ1) is 15.6. The number of amides is 1. The Morgan fingerprint density at radius 1 is 1.24 bits per heavy atom. The van der Waals surface area contributed by atoms with Crippen LogP contribution in [0.25, 0.3) is 6.08 Å². The van der Waals surface area contributed by atoms with Crippen molar-refractivity contribution in [1.82, 2.24) is 4.90 Å². The summed E-state index contributed by atoms with van der Waals surface area (Å²) in [7, 11) is 0. The average Bonchev–Trinajstić information content (AvgIpc) is 2.77. The summed E-state index contributed by atoms with van der Waals surface area (Å²) in [6.45, 7) is 7.87. The molecule has 21 heavy (non-hydrogen) atoms. The van der Waals surface area contributed by atoms with E-state index < -0.39 is 0 Å². The Labute approximate surface area is 129 Å². The van der Waals surface area contributed by atoms with E-state index in [-0.39, 0.29) is 5.91 Å². The van der Waals surface area contributed by atoms with Crippen molar-refractivity contribution in [1.29, 1.82) is 0 Å². The quantitative estimate of drug-likeness (QED) is 0.783. The van der Waals surface area contributed by atoms with E-state index >= 15 is 0 Å². The second-order valence-electron chi connectivity index (χ2n) is 4.42. The van der Waals surface area contributed by atoms with E-state index in [1.54, 1.807) is 4.90 Å². The van der Waals surface area contributed by atoms with Crippen LogP contribution >= 0.6 is 11.8 Å². The molecule has 2 rings (SSSR count). The lowest BCUT2D eigenvalue weighted by molar-refractivity contribution is -0.122. The van der Waals surface area contributed by atoms with E-state index in [1.165, 1.54) is 11.8 Å². The molecule has 0 aliphatic carbocycles. The van der Waals surface area contributed by atoms with Gasteiger partial charge in [-0.25, -0.2) is 0 Å². The third-order valence-corrected chi connectivity index (χ3v) is 4.03. The van der Waals surface area contributed by atoms with E-state index in [4.69, 9.17) is 4.74 Å². The number of nitrogens with zero attached hydrogens (tertiary/aromatic N) is 2. The molecule has 0 unspecified atom stereocenters. The summed E-state index contributed by atoms with van der Waals surface area (Å²) < 4.78 is 5.42. The summed E-state index contributed by atoms with van der Waals surface area (Å²) in [5.74, 6) is 0.872. The molecule has 0 saturated carbocycles. The molecular weight excluding hydrogens is 284 g/mol. The van der Waals surface area contributed by atoms with Gasteiger partial charge in [-0.1, -0.05) is 12.1 Å². The zero-order valence-electron chi connectivity index (χ0n) is 12.6. The third-order valence-electron chi connectivity index (χ3n) is 2.99. The highest BCUT2D eigenvalue weighted by Gasteiger charge is 2.31. The highest BCUT2D eigenvalue weighted by Crippen LogP contribution is 2.32. The Hall–Kier alpha value is -1.75. The molecule has 0 radical (unpaired) electrons. The predicted octanol–water partition coefficient (Wildman–Crippen LogP) is 3.40. The van der Waals surface area contributed by atoms with Crippen molar-refractivity contribution >= 4 is 28.9 Å². The number of hydrogen-bond acceptors (Lipinski definition) is 4. The molecule has 0 N–H and O–H groups in total. The molecule has 1 aliphatic rings. The summed E-state index contributed by atoms with van der Waals surface area (Å²) in [5, 5.41) is 0.794. The number of carbonyl (C=O) groups excluding carboxylic acids is 1. The first-order valence-corrected chi connectivity index (χ1v) is 7.99. The smallest absolute Gasteiger partial charge is 0.266 e. The Morgan fingerprint density at radius 3 is 2.52 bits per heavy atom. The maximum Gasteiger partial charge on any atom is 0.266 e. The second kappa shape index (κ2) is 7.31. The van der Waals surface area contributed by atoms with Crippen LogP contribution in [-0.2, 0) is 4.79 Å². The number of ether oxygens (including phenoxy) is 1. The molecule has 0 bridgehead atoms. The van der Waals surface area contributed by atoms with Crippen molar-refractivity contribution in [2.45, 2.75) is 20.8 Å². The summed E-state index contributed by atoms with van der Waals surface area (Å²) in [5.41, 5.74) is 0.989. The molecule has 1 heterocycles. The highest BCUT2D eigenvalue weighted by atomic mass is 32.2. The van der Waals surface area contributed by atoms with Gasteiger partial charge >= 0.3 is 0 Å². The summed E-state index contributed by atoms with van der Waals surface area (Å²) in [4.78, 5) is 19.1. The number of hydrogen-bond donors (Lipinski definition) is 0. The van der Waals surface area contributed by atoms with Crippen LogP contribution in [0.1, 0.15) is 26.3 Å². The van der Waals surface area contributed by atoms with Gasteiger partial charge in [0.1, 0.15) is 5.75 Å². The molecule has 0 spiro atoms. The second-order valence-corrected chi connectivity index (χ2v) is 5.43. The van der Waals surface area contributed by atoms with E-state index in [0.29, 0.717) is 24.6 Å². The van der Waals surface area contributed by atoms with Gasteiger partial charge in [-0.2, -0.15) is 0 Å². The summed E-state index contributed by atoms with van der Waals surface area (Å²) >= 11 is 1.44. The monoisotopic (exact) mass is 304 g/mol. The molecule has 1 aromatic carbocycles. The number of carbonyl (C=O) groups is 1. The maximum atomic E-state index is 12.3. The molecule has 0 aromatic heterocycles. The topological polar surface area (TPSA) is 41.9 Å². The van der Waals surface area contributed by atoms with Crippen LogP contribution in [0.15, 0.2) is 34.2 Å². The van der Waals surface area contributed by atoms with Gasteiger partial charge in [0, 0.05) is 13.1 Å². The number of aliphatic imine (C=N–C) groups is 1. The minimum absolute atomic E-state index is 0.0311. The Bertz CT molecular complexity index is 564. The summed E-state index contributed by atoms with van der Waals surface area (Å²) in [6, 6.07) is 7.74. The van der Waals surface area contributed by atoms with Crippen LogP contribution < -0.4 is 4.74 Å². The number of benzene rings is 1. The van der Waals surface area contributed by atoms with Gasteiger partial charge < -0.3 is 4.74 Å². The van der Waals surface area contributed by atoms with Gasteiger partial charge in [0.2, 0.25) is 0 Å². The van der Waals surface area contributed by atoms with E-state index in [1.807, 2.05) is 51.1 Å². The third kappa shape index (κ3) is 3.67. The Morgan fingerprint density at radius 2 is 1.95 bits per heavy atom. The molecule has 1 aromatic rings. The van der Waals surface area contributed by atoms with Crippen molar-refractivity contribution in [2.75, 3.05) is 19.7 Å². The molecule has 1 fully saturated rings. The van der Waals surface area contributed by atoms with Crippen LogP contribution in [0.4, 0.5) is 0 Å². The molecule has 5 heteroatoms. The lowest BCUT2D eigenvalue weighted by Gasteiger charge is -2.11. The molecule has 0 atom stereocenters. The number of likely N-dealkylation sites (N-methyl/N-ethyl adjacent to an activating group) is 1. The lowest BCUT2D eigenvalue weighted by Crippen LogP contribution is -2.28. The fourth-order valence-corrected chi connectivity index (χ4v) is 3.12. The molecular formula is C16H20N2O2S. The van der Waals surface area contributed by atoms with Crippen molar-refractivity contribution in [3.8, 4) is 5.75 Å². The normalized spacial score (nSPS) is 18.8. The van der Waals surface area contributed by atoms with E-state index in [9.17, 15) is 4.79 Å². The summed E-state index contributed by atoms with van der Waals surface area (Å²) in [6.07, 6.45) is 1.91. The predicted molar refractivity (Wildman–Crippen MR) is 88.5 cm³/mol. The fraction of sp³-hybridized carbons (Fsp3) is 0.375. The largest absolute Gasteiger partial charge is 0.494 e. The minimum Gasteiger partial charge on any atom is -0.494 e. The van der Waals surface area contributed by atoms with Crippen molar-refractivity contribution in [3.05, 3.63) is 34.7 Å². The maximum absolute atomic E-state index is 12.3. The van der Waals surface area contributed by atoms with Crippen LogP contribution in [0.5, 0.6) is 5.75 Å². The molecule has 4 nitrogen and oxygen atoms in total. The van der Waals surface area contributed by atoms with Gasteiger partial charge in [0.15, 0.2) is 5.17 Å². The number of amidine groups is 1. The fourth-order valence-electron chi connectivity index (χ4n) is 2.02. The van der Waals surface area contributed by atoms with Gasteiger partial charge in [-0.3, -0.25) is 14.7 Å². The molecule has 1 saturated heterocycles. The van der Waals surface area contributed by atoms with Crippen molar-refractivity contribution in [3.63, 3.8) is 0 Å². The first-order chi connectivity index (χ1) is 10.2. The van der Waals surface area contributed by atoms with Crippen LogP contribution in [-0.4, -0.2) is 35.7 Å². The van der Waals surface area contributed by atoms with Crippen molar-refractivity contribution < 1.29 is 9.53 Å². The van der Waals surface area contributed by atoms with Crippen LogP contribution in [0.3, 0.4) is 0 Å². The minimum atomic E-state index is 0.0311. The Kier molecular flexibility index (Phi) is 5.44. The molecule has 1 aliphatic heterocycles. The standard InChI is InChI=1S/C16H20N2O2S/c1-4-17-16-18(5-2)15(19)14(21-16)11-12-7-9-13(10-8-12)20-6-3/h7-11H,4-6H2,1-3H3/b14-11+,17-16?. The first-order valence-electron chi connectivity index (χ1n) is 7.18. The molecule has 112 valence electrons. The van der Waals surface area contributed by atoms with Gasteiger partial charge in [-0.05, 0) is 56.3 Å². The number of thioether (sulfide) groups is 1. The van der Waals surface area contributed by atoms with Crippen molar-refractivity contribution in [2.24, 2.45) is 4.99 Å². The number of rotatable bonds is 5. The van der Waals surface area contributed by atoms with Gasteiger partial charge in [0.05, 0.1) is 11.5 Å². The highest BCUT2D eigenvalue weighted by molar-refractivity contribution is 8.18. The zero-order valence-corrected chi connectivity index (χ0v) is 13.4. The molecule has 1 amide bonds.